The summed E-state index contributed by atoms with van der Waals surface area (Å²) in [7, 11) is 1.59. The highest BCUT2D eigenvalue weighted by molar-refractivity contribution is 5.88. The summed E-state index contributed by atoms with van der Waals surface area (Å²) in [4.78, 5) is 26.3. The third-order valence-corrected chi connectivity index (χ3v) is 4.87. The molecule has 2 fully saturated rings. The third-order valence-electron chi connectivity index (χ3n) is 4.87. The number of likely N-dealkylation sites (N-methyl/N-ethyl adjacent to an activating group) is 1. The lowest BCUT2D eigenvalue weighted by atomic mass is 9.71. The first-order valence-corrected chi connectivity index (χ1v) is 7.91. The largest absolute Gasteiger partial charge is 0.377 e. The molecule has 2 aliphatic rings. The van der Waals surface area contributed by atoms with Crippen LogP contribution in [0, 0.1) is 5.41 Å². The number of nitrogens with one attached hydrogen (secondary N) is 1. The van der Waals surface area contributed by atoms with Crippen molar-refractivity contribution in [2.24, 2.45) is 11.1 Å². The Balaban J connectivity index is 2.04. The van der Waals surface area contributed by atoms with Gasteiger partial charge in [-0.3, -0.25) is 9.59 Å². The van der Waals surface area contributed by atoms with Gasteiger partial charge >= 0.3 is 0 Å². The summed E-state index contributed by atoms with van der Waals surface area (Å²) in [6, 6.07) is -0.505. The van der Waals surface area contributed by atoms with Crippen molar-refractivity contribution in [1.29, 1.82) is 0 Å². The average molecular weight is 297 g/mol. The Morgan fingerprint density at radius 3 is 2.67 bits per heavy atom. The molecule has 1 atom stereocenters. The number of hydrogen-bond acceptors (Lipinski definition) is 4. The van der Waals surface area contributed by atoms with Gasteiger partial charge in [-0.1, -0.05) is 19.3 Å². The number of rotatable bonds is 4. The van der Waals surface area contributed by atoms with E-state index in [0.29, 0.717) is 26.1 Å². The Bertz CT molecular complexity index is 380. The number of carbonyl (C=O) groups is 2. The van der Waals surface area contributed by atoms with E-state index in [1.807, 2.05) is 0 Å². The van der Waals surface area contributed by atoms with Gasteiger partial charge in [0.05, 0.1) is 13.2 Å². The lowest BCUT2D eigenvalue weighted by Gasteiger charge is -2.40. The molecule has 2 amide bonds. The molecule has 1 saturated heterocycles. The number of nitrogens with zero attached hydrogens (tertiary/aromatic N) is 1. The van der Waals surface area contributed by atoms with Crippen molar-refractivity contribution >= 4 is 11.8 Å². The maximum absolute atomic E-state index is 12.7. The minimum Gasteiger partial charge on any atom is -0.377 e. The van der Waals surface area contributed by atoms with E-state index in [1.54, 1.807) is 11.9 Å². The second kappa shape index (κ2) is 7.22. The molecule has 0 bridgehead atoms. The van der Waals surface area contributed by atoms with Gasteiger partial charge in [-0.25, -0.2) is 0 Å². The highest BCUT2D eigenvalue weighted by Gasteiger charge is 2.38. The number of ether oxygens (including phenoxy) is 1. The van der Waals surface area contributed by atoms with Crippen LogP contribution in [0.1, 0.15) is 38.5 Å². The summed E-state index contributed by atoms with van der Waals surface area (Å²) < 4.78 is 5.35. The van der Waals surface area contributed by atoms with Crippen LogP contribution in [0.3, 0.4) is 0 Å². The summed E-state index contributed by atoms with van der Waals surface area (Å²) in [5, 5.41) is 2.61. The molecule has 1 saturated carbocycles. The average Bonchev–Trinajstić information content (AvgIpc) is 2.55. The Morgan fingerprint density at radius 1 is 1.33 bits per heavy atom. The molecular formula is C15H27N3O3. The molecule has 21 heavy (non-hydrogen) atoms. The fourth-order valence-corrected chi connectivity index (χ4v) is 3.46. The fourth-order valence-electron chi connectivity index (χ4n) is 3.46. The van der Waals surface area contributed by atoms with Gasteiger partial charge in [0.25, 0.3) is 0 Å². The van der Waals surface area contributed by atoms with Crippen LogP contribution in [0.2, 0.25) is 0 Å². The number of morpholine rings is 1. The molecule has 0 radical (unpaired) electrons. The molecule has 0 aromatic rings. The number of amides is 2. The first-order valence-electron chi connectivity index (χ1n) is 7.91. The standard InChI is InChI=1S/C15H27N3O3/c1-17-14(20)12-10-21-8-7-18(12)13(19)9-15(11-16)5-3-2-4-6-15/h12H,2-11,16H2,1H3,(H,17,20). The molecule has 1 aliphatic carbocycles. The molecular weight excluding hydrogens is 270 g/mol. The Labute approximate surface area is 126 Å². The monoisotopic (exact) mass is 297 g/mol. The number of carbonyl (C=O) groups excluding carboxylic acids is 2. The van der Waals surface area contributed by atoms with Gasteiger partial charge in [0.15, 0.2) is 0 Å². The van der Waals surface area contributed by atoms with Crippen molar-refractivity contribution in [3.05, 3.63) is 0 Å². The summed E-state index contributed by atoms with van der Waals surface area (Å²) in [6.45, 7) is 1.81. The summed E-state index contributed by atoms with van der Waals surface area (Å²) in [5.41, 5.74) is 5.89. The van der Waals surface area contributed by atoms with Crippen molar-refractivity contribution in [3.8, 4) is 0 Å². The van der Waals surface area contributed by atoms with E-state index >= 15 is 0 Å². The summed E-state index contributed by atoms with van der Waals surface area (Å²) in [5.74, 6) is -0.118. The zero-order valence-corrected chi connectivity index (χ0v) is 12.9. The van der Waals surface area contributed by atoms with Crippen molar-refractivity contribution in [2.75, 3.05) is 33.4 Å². The van der Waals surface area contributed by atoms with E-state index in [2.05, 4.69) is 5.32 Å². The highest BCUT2D eigenvalue weighted by atomic mass is 16.5. The molecule has 2 rings (SSSR count). The van der Waals surface area contributed by atoms with Crippen LogP contribution in [-0.2, 0) is 14.3 Å². The van der Waals surface area contributed by atoms with E-state index in [-0.39, 0.29) is 23.8 Å². The van der Waals surface area contributed by atoms with Crippen molar-refractivity contribution in [1.82, 2.24) is 10.2 Å². The van der Waals surface area contributed by atoms with Crippen molar-refractivity contribution < 1.29 is 14.3 Å². The van der Waals surface area contributed by atoms with E-state index in [1.165, 1.54) is 6.42 Å². The molecule has 1 heterocycles. The summed E-state index contributed by atoms with van der Waals surface area (Å²) >= 11 is 0. The lowest BCUT2D eigenvalue weighted by Crippen LogP contribution is -2.56. The van der Waals surface area contributed by atoms with Gasteiger partial charge in [0.2, 0.25) is 11.8 Å². The minimum absolute atomic E-state index is 0.0410. The zero-order valence-electron chi connectivity index (χ0n) is 12.9. The van der Waals surface area contributed by atoms with Crippen LogP contribution < -0.4 is 11.1 Å². The van der Waals surface area contributed by atoms with Gasteiger partial charge in [0.1, 0.15) is 6.04 Å². The zero-order chi connectivity index (χ0) is 15.3. The first kappa shape index (κ1) is 16.2. The van der Waals surface area contributed by atoms with Gasteiger partial charge in [-0.2, -0.15) is 0 Å². The van der Waals surface area contributed by atoms with E-state index in [0.717, 1.165) is 25.7 Å². The Hall–Kier alpha value is -1.14. The molecule has 1 aliphatic heterocycles. The maximum Gasteiger partial charge on any atom is 0.244 e. The van der Waals surface area contributed by atoms with Crippen molar-refractivity contribution in [3.63, 3.8) is 0 Å². The molecule has 6 heteroatoms. The topological polar surface area (TPSA) is 84.7 Å². The second-order valence-corrected chi connectivity index (χ2v) is 6.23. The highest BCUT2D eigenvalue weighted by Crippen LogP contribution is 2.39. The van der Waals surface area contributed by atoms with Crippen LogP contribution in [-0.4, -0.2) is 56.1 Å². The molecule has 0 aromatic heterocycles. The van der Waals surface area contributed by atoms with Crippen LogP contribution in [0.15, 0.2) is 0 Å². The van der Waals surface area contributed by atoms with Gasteiger partial charge < -0.3 is 20.7 Å². The molecule has 120 valence electrons. The van der Waals surface area contributed by atoms with E-state index in [9.17, 15) is 9.59 Å². The van der Waals surface area contributed by atoms with Gasteiger partial charge in [-0.05, 0) is 24.8 Å². The summed E-state index contributed by atoms with van der Waals surface area (Å²) in [6.07, 6.45) is 6.01. The number of nitrogens with two attached hydrogens (primary N) is 1. The van der Waals surface area contributed by atoms with Crippen molar-refractivity contribution in [2.45, 2.75) is 44.6 Å². The number of hydrogen-bond donors (Lipinski definition) is 2. The predicted octanol–water partition coefficient (Wildman–Crippen LogP) is 0.259. The normalized spacial score (nSPS) is 25.4. The molecule has 6 nitrogen and oxygen atoms in total. The smallest absolute Gasteiger partial charge is 0.244 e. The molecule has 1 unspecified atom stereocenters. The Morgan fingerprint density at radius 2 is 2.05 bits per heavy atom. The molecule has 3 N–H and O–H groups in total. The quantitative estimate of drug-likeness (QED) is 0.779. The van der Waals surface area contributed by atoms with Gasteiger partial charge in [-0.15, -0.1) is 0 Å². The predicted molar refractivity (Wildman–Crippen MR) is 79.6 cm³/mol. The van der Waals surface area contributed by atoms with Crippen LogP contribution in [0.5, 0.6) is 0 Å². The van der Waals surface area contributed by atoms with Crippen LogP contribution >= 0.6 is 0 Å². The van der Waals surface area contributed by atoms with Gasteiger partial charge in [0, 0.05) is 20.0 Å². The lowest BCUT2D eigenvalue weighted by molar-refractivity contribution is -0.150. The fraction of sp³-hybridized carbons (Fsp3) is 0.867. The van der Waals surface area contributed by atoms with E-state index < -0.39 is 6.04 Å². The third kappa shape index (κ3) is 3.74. The van der Waals surface area contributed by atoms with Crippen LogP contribution in [0.25, 0.3) is 0 Å². The Kier molecular flexibility index (Phi) is 5.58. The molecule has 0 aromatic carbocycles. The second-order valence-electron chi connectivity index (χ2n) is 6.23. The maximum atomic E-state index is 12.7. The SMILES string of the molecule is CNC(=O)C1COCCN1C(=O)CC1(CN)CCCCC1. The van der Waals surface area contributed by atoms with E-state index in [4.69, 9.17) is 10.5 Å². The van der Waals surface area contributed by atoms with Crippen LogP contribution in [0.4, 0.5) is 0 Å². The first-order chi connectivity index (χ1) is 10.1. The minimum atomic E-state index is -0.505. The molecule has 0 spiro atoms.